The van der Waals surface area contributed by atoms with E-state index in [2.05, 4.69) is 12.1 Å². The van der Waals surface area contributed by atoms with Crippen LogP contribution in [0.5, 0.6) is 0 Å². The van der Waals surface area contributed by atoms with Gasteiger partial charge in [0.1, 0.15) is 0 Å². The molecule has 4 rings (SSSR count). The molecule has 0 N–H and O–H groups in total. The van der Waals surface area contributed by atoms with Gasteiger partial charge in [-0.05, 0) is 33.2 Å². The van der Waals surface area contributed by atoms with Crippen molar-refractivity contribution in [3.63, 3.8) is 0 Å². The summed E-state index contributed by atoms with van der Waals surface area (Å²) in [5.74, 6) is 0. The van der Waals surface area contributed by atoms with Crippen LogP contribution in [-0.4, -0.2) is 6.29 Å². The van der Waals surface area contributed by atoms with Crippen molar-refractivity contribution in [1.29, 1.82) is 5.26 Å². The summed E-state index contributed by atoms with van der Waals surface area (Å²) in [6, 6.07) is 29.9. The first kappa shape index (κ1) is 16.4. The van der Waals surface area contributed by atoms with E-state index in [1.165, 1.54) is 0 Å². The molecule has 0 amide bonds. The van der Waals surface area contributed by atoms with Crippen molar-refractivity contribution < 1.29 is 4.79 Å². The SMILES string of the molecule is N#CCc1ccccc1.O=Cc1c2ccccc2cc2ccccc12. The lowest BCUT2D eigenvalue weighted by Crippen LogP contribution is -1.86. The van der Waals surface area contributed by atoms with E-state index in [4.69, 9.17) is 5.26 Å². The maximum absolute atomic E-state index is 11.2. The summed E-state index contributed by atoms with van der Waals surface area (Å²) in [4.78, 5) is 11.2. The second-order valence-corrected chi connectivity index (χ2v) is 5.67. The molecule has 0 saturated heterocycles. The van der Waals surface area contributed by atoms with Gasteiger partial charge in [0.25, 0.3) is 0 Å². The van der Waals surface area contributed by atoms with E-state index in [0.717, 1.165) is 39.0 Å². The highest BCUT2D eigenvalue weighted by Crippen LogP contribution is 2.26. The summed E-state index contributed by atoms with van der Waals surface area (Å²) < 4.78 is 0. The summed E-state index contributed by atoms with van der Waals surface area (Å²) >= 11 is 0. The Balaban J connectivity index is 0.000000173. The molecule has 120 valence electrons. The molecule has 0 aliphatic carbocycles. The van der Waals surface area contributed by atoms with Gasteiger partial charge in [-0.1, -0.05) is 78.9 Å². The van der Waals surface area contributed by atoms with Crippen LogP contribution in [0.1, 0.15) is 15.9 Å². The number of aldehydes is 1. The van der Waals surface area contributed by atoms with Crippen molar-refractivity contribution in [3.05, 3.63) is 96.1 Å². The summed E-state index contributed by atoms with van der Waals surface area (Å²) in [7, 11) is 0. The number of nitriles is 1. The van der Waals surface area contributed by atoms with E-state index in [9.17, 15) is 4.79 Å². The second-order valence-electron chi connectivity index (χ2n) is 5.67. The zero-order chi connectivity index (χ0) is 17.5. The number of rotatable bonds is 2. The number of carbonyl (C=O) groups excluding carboxylic acids is 1. The first-order chi connectivity index (χ1) is 12.3. The Morgan fingerprint density at radius 1 is 0.760 bits per heavy atom. The molecular formula is C23H17NO. The number of hydrogen-bond acceptors (Lipinski definition) is 2. The van der Waals surface area contributed by atoms with Gasteiger partial charge in [-0.25, -0.2) is 0 Å². The highest BCUT2D eigenvalue weighted by Gasteiger charge is 2.05. The van der Waals surface area contributed by atoms with Crippen LogP contribution in [0.25, 0.3) is 21.5 Å². The van der Waals surface area contributed by atoms with Crippen LogP contribution in [0.15, 0.2) is 84.9 Å². The Morgan fingerprint density at radius 3 is 1.80 bits per heavy atom. The lowest BCUT2D eigenvalue weighted by molar-refractivity contribution is 0.112. The maximum atomic E-state index is 11.2. The van der Waals surface area contributed by atoms with E-state index in [1.54, 1.807) is 0 Å². The van der Waals surface area contributed by atoms with E-state index in [1.807, 2.05) is 78.9 Å². The largest absolute Gasteiger partial charge is 0.298 e. The van der Waals surface area contributed by atoms with Crippen molar-refractivity contribution in [3.8, 4) is 6.07 Å². The predicted octanol–water partition coefficient (Wildman–Crippen LogP) is 5.56. The summed E-state index contributed by atoms with van der Waals surface area (Å²) in [6.07, 6.45) is 1.46. The third kappa shape index (κ3) is 3.73. The number of nitrogens with zero attached hydrogens (tertiary/aromatic N) is 1. The number of hydrogen-bond donors (Lipinski definition) is 0. The van der Waals surface area contributed by atoms with Crippen molar-refractivity contribution in [2.75, 3.05) is 0 Å². The third-order valence-corrected chi connectivity index (χ3v) is 4.06. The zero-order valence-electron chi connectivity index (χ0n) is 13.7. The number of carbonyl (C=O) groups is 1. The molecule has 0 aromatic heterocycles. The molecule has 2 nitrogen and oxygen atoms in total. The first-order valence-corrected chi connectivity index (χ1v) is 8.10. The minimum absolute atomic E-state index is 0.515. The molecule has 0 fully saturated rings. The highest BCUT2D eigenvalue weighted by atomic mass is 16.1. The molecule has 0 aliphatic rings. The Bertz CT molecular complexity index is 992. The fourth-order valence-electron chi connectivity index (χ4n) is 2.86. The Labute approximate surface area is 147 Å². The molecule has 2 heteroatoms. The van der Waals surface area contributed by atoms with Crippen LogP contribution < -0.4 is 0 Å². The average Bonchev–Trinajstić information content (AvgIpc) is 2.67. The summed E-state index contributed by atoms with van der Waals surface area (Å²) in [6.45, 7) is 0. The van der Waals surface area contributed by atoms with Gasteiger partial charge in [-0.3, -0.25) is 4.79 Å². The van der Waals surface area contributed by atoms with Gasteiger partial charge in [0.2, 0.25) is 0 Å². The number of fused-ring (bicyclic) bond motifs is 2. The van der Waals surface area contributed by atoms with Crippen LogP contribution in [0.3, 0.4) is 0 Å². The molecule has 0 bridgehead atoms. The highest BCUT2D eigenvalue weighted by molar-refractivity contribution is 6.12. The summed E-state index contributed by atoms with van der Waals surface area (Å²) in [5.41, 5.74) is 1.87. The van der Waals surface area contributed by atoms with E-state index >= 15 is 0 Å². The van der Waals surface area contributed by atoms with Gasteiger partial charge in [0.15, 0.2) is 6.29 Å². The number of benzene rings is 4. The minimum atomic E-state index is 0.515. The average molecular weight is 323 g/mol. The molecule has 25 heavy (non-hydrogen) atoms. The minimum Gasteiger partial charge on any atom is -0.298 e. The molecule has 0 saturated carbocycles. The quantitative estimate of drug-likeness (QED) is 0.358. The fraction of sp³-hybridized carbons (Fsp3) is 0.0435. The molecule has 0 heterocycles. The standard InChI is InChI=1S/C15H10O.C8H7N/c16-10-15-13-7-3-1-5-11(13)9-12-6-2-4-8-14(12)15;9-7-6-8-4-2-1-3-5-8/h1-10H;1-5H,6H2. The van der Waals surface area contributed by atoms with Gasteiger partial charge in [-0.15, -0.1) is 0 Å². The lowest BCUT2D eigenvalue weighted by atomic mass is 9.98. The van der Waals surface area contributed by atoms with Gasteiger partial charge in [-0.2, -0.15) is 5.26 Å². The van der Waals surface area contributed by atoms with E-state index < -0.39 is 0 Å². The van der Waals surface area contributed by atoms with Crippen LogP contribution in [0.4, 0.5) is 0 Å². The molecular weight excluding hydrogens is 306 g/mol. The summed E-state index contributed by atoms with van der Waals surface area (Å²) in [5, 5.41) is 12.5. The molecule has 4 aromatic rings. The second kappa shape index (κ2) is 7.90. The lowest BCUT2D eigenvalue weighted by Gasteiger charge is -2.05. The maximum Gasteiger partial charge on any atom is 0.151 e. The van der Waals surface area contributed by atoms with Gasteiger partial charge in [0, 0.05) is 5.56 Å². The molecule has 4 aromatic carbocycles. The Morgan fingerprint density at radius 2 is 1.28 bits per heavy atom. The van der Waals surface area contributed by atoms with Crippen LogP contribution in [-0.2, 0) is 6.42 Å². The van der Waals surface area contributed by atoms with Crippen LogP contribution in [0.2, 0.25) is 0 Å². The third-order valence-electron chi connectivity index (χ3n) is 4.06. The molecule has 0 aliphatic heterocycles. The van der Waals surface area contributed by atoms with Gasteiger partial charge in [0.05, 0.1) is 12.5 Å². The van der Waals surface area contributed by atoms with Crippen LogP contribution >= 0.6 is 0 Å². The topological polar surface area (TPSA) is 40.9 Å². The van der Waals surface area contributed by atoms with Gasteiger partial charge >= 0.3 is 0 Å². The molecule has 0 unspecified atom stereocenters. The molecule has 0 radical (unpaired) electrons. The predicted molar refractivity (Wildman–Crippen MR) is 103 cm³/mol. The van der Waals surface area contributed by atoms with Crippen molar-refractivity contribution in [2.45, 2.75) is 6.42 Å². The fourth-order valence-corrected chi connectivity index (χ4v) is 2.86. The molecule has 0 spiro atoms. The van der Waals surface area contributed by atoms with E-state index in [0.29, 0.717) is 6.42 Å². The van der Waals surface area contributed by atoms with Gasteiger partial charge < -0.3 is 0 Å². The van der Waals surface area contributed by atoms with Crippen molar-refractivity contribution >= 4 is 27.8 Å². The van der Waals surface area contributed by atoms with E-state index in [-0.39, 0.29) is 0 Å². The smallest absolute Gasteiger partial charge is 0.151 e. The normalized spacial score (nSPS) is 9.88. The first-order valence-electron chi connectivity index (χ1n) is 8.10. The Hall–Kier alpha value is -3.44. The van der Waals surface area contributed by atoms with Crippen molar-refractivity contribution in [2.24, 2.45) is 0 Å². The Kier molecular flexibility index (Phi) is 5.19. The zero-order valence-corrected chi connectivity index (χ0v) is 13.7. The monoisotopic (exact) mass is 323 g/mol. The van der Waals surface area contributed by atoms with Crippen LogP contribution in [0, 0.1) is 11.3 Å². The molecule has 0 atom stereocenters. The van der Waals surface area contributed by atoms with Crippen molar-refractivity contribution in [1.82, 2.24) is 0 Å².